The van der Waals surface area contributed by atoms with Gasteiger partial charge in [-0.2, -0.15) is 0 Å². The lowest BCUT2D eigenvalue weighted by Gasteiger charge is -2.15. The maximum atomic E-state index is 10.7. The smallest absolute Gasteiger partial charge is 0.303 e. The maximum absolute atomic E-state index is 10.7. The zero-order valence-corrected chi connectivity index (χ0v) is 7.87. The third-order valence-corrected chi connectivity index (χ3v) is 1.48. The molecule has 0 aromatic rings. The topological polar surface area (TPSA) is 75.6 Å². The van der Waals surface area contributed by atoms with Crippen LogP contribution in [0.2, 0.25) is 0 Å². The van der Waals surface area contributed by atoms with Gasteiger partial charge in [0.25, 0.3) is 0 Å². The van der Waals surface area contributed by atoms with Crippen molar-refractivity contribution < 1.29 is 19.4 Å². The van der Waals surface area contributed by atoms with Gasteiger partial charge in [0.2, 0.25) is 5.91 Å². The van der Waals surface area contributed by atoms with Gasteiger partial charge >= 0.3 is 5.97 Å². The third kappa shape index (κ3) is 7.27. The summed E-state index contributed by atoms with van der Waals surface area (Å²) in [5.41, 5.74) is 0. The van der Waals surface area contributed by atoms with Crippen LogP contribution in [0.1, 0.15) is 19.8 Å². The molecule has 0 fully saturated rings. The third-order valence-electron chi connectivity index (χ3n) is 1.48. The lowest BCUT2D eigenvalue weighted by molar-refractivity contribution is -0.137. The SMILES string of the molecule is COCC(CCC(=O)O)NC(C)=O. The van der Waals surface area contributed by atoms with E-state index < -0.39 is 5.97 Å². The molecular weight excluding hydrogens is 174 g/mol. The molecule has 5 heteroatoms. The van der Waals surface area contributed by atoms with Crippen molar-refractivity contribution >= 4 is 11.9 Å². The molecule has 0 heterocycles. The lowest BCUT2D eigenvalue weighted by Crippen LogP contribution is -2.36. The molecule has 76 valence electrons. The summed E-state index contributed by atoms with van der Waals surface area (Å²) in [7, 11) is 1.51. The van der Waals surface area contributed by atoms with Crippen molar-refractivity contribution in [2.24, 2.45) is 0 Å². The van der Waals surface area contributed by atoms with E-state index in [1.165, 1.54) is 14.0 Å². The molecule has 0 aliphatic rings. The van der Waals surface area contributed by atoms with Crippen LogP contribution in [0.25, 0.3) is 0 Å². The molecule has 0 rings (SSSR count). The van der Waals surface area contributed by atoms with Crippen LogP contribution in [0, 0.1) is 0 Å². The van der Waals surface area contributed by atoms with Crippen molar-refractivity contribution in [3.63, 3.8) is 0 Å². The fraction of sp³-hybridized carbons (Fsp3) is 0.750. The van der Waals surface area contributed by atoms with Crippen LogP contribution in [0.3, 0.4) is 0 Å². The van der Waals surface area contributed by atoms with E-state index in [-0.39, 0.29) is 18.4 Å². The fourth-order valence-electron chi connectivity index (χ4n) is 0.984. The molecule has 0 aliphatic heterocycles. The minimum Gasteiger partial charge on any atom is -0.481 e. The van der Waals surface area contributed by atoms with Gasteiger partial charge in [-0.3, -0.25) is 9.59 Å². The fourth-order valence-corrected chi connectivity index (χ4v) is 0.984. The van der Waals surface area contributed by atoms with E-state index in [1.54, 1.807) is 0 Å². The van der Waals surface area contributed by atoms with Crippen molar-refractivity contribution in [2.45, 2.75) is 25.8 Å². The minimum absolute atomic E-state index is 0.0360. The Labute approximate surface area is 77.1 Å². The Morgan fingerprint density at radius 1 is 1.54 bits per heavy atom. The molecule has 0 saturated heterocycles. The summed E-state index contributed by atoms with van der Waals surface area (Å²) in [4.78, 5) is 20.9. The molecule has 5 nitrogen and oxygen atoms in total. The number of aliphatic carboxylic acids is 1. The Morgan fingerprint density at radius 3 is 2.54 bits per heavy atom. The number of hydrogen-bond donors (Lipinski definition) is 2. The van der Waals surface area contributed by atoms with Gasteiger partial charge in [-0.25, -0.2) is 0 Å². The van der Waals surface area contributed by atoms with Crippen LogP contribution in [-0.4, -0.2) is 36.7 Å². The van der Waals surface area contributed by atoms with Crippen LogP contribution in [0.5, 0.6) is 0 Å². The van der Waals surface area contributed by atoms with Gasteiger partial charge in [-0.05, 0) is 6.42 Å². The highest BCUT2D eigenvalue weighted by Gasteiger charge is 2.11. The second-order valence-electron chi connectivity index (χ2n) is 2.79. The van der Waals surface area contributed by atoms with Gasteiger partial charge in [0.15, 0.2) is 0 Å². The van der Waals surface area contributed by atoms with Gasteiger partial charge < -0.3 is 15.2 Å². The standard InChI is InChI=1S/C8H15NO4/c1-6(10)9-7(5-13-2)3-4-8(11)12/h7H,3-5H2,1-2H3,(H,9,10)(H,11,12). The number of carboxylic acids is 1. The minimum atomic E-state index is -0.869. The number of hydrogen-bond acceptors (Lipinski definition) is 3. The van der Waals surface area contributed by atoms with Crippen LogP contribution >= 0.6 is 0 Å². The van der Waals surface area contributed by atoms with Gasteiger partial charge in [-0.1, -0.05) is 0 Å². The Hall–Kier alpha value is -1.10. The molecule has 1 atom stereocenters. The van der Waals surface area contributed by atoms with Crippen molar-refractivity contribution in [1.82, 2.24) is 5.32 Å². The van der Waals surface area contributed by atoms with E-state index >= 15 is 0 Å². The number of carbonyl (C=O) groups excluding carboxylic acids is 1. The highest BCUT2D eigenvalue weighted by molar-refractivity contribution is 5.73. The molecule has 1 amide bonds. The van der Waals surface area contributed by atoms with Crippen molar-refractivity contribution in [1.29, 1.82) is 0 Å². The van der Waals surface area contributed by atoms with E-state index in [4.69, 9.17) is 9.84 Å². The first-order valence-corrected chi connectivity index (χ1v) is 4.04. The van der Waals surface area contributed by atoms with Crippen molar-refractivity contribution in [2.75, 3.05) is 13.7 Å². The van der Waals surface area contributed by atoms with Crippen molar-refractivity contribution in [3.05, 3.63) is 0 Å². The van der Waals surface area contributed by atoms with Crippen LogP contribution in [0.15, 0.2) is 0 Å². The molecule has 0 aliphatic carbocycles. The molecule has 13 heavy (non-hydrogen) atoms. The number of carboxylic acid groups (broad SMARTS) is 1. The predicted molar refractivity (Wildman–Crippen MR) is 46.4 cm³/mol. The normalized spacial score (nSPS) is 12.2. The maximum Gasteiger partial charge on any atom is 0.303 e. The number of methoxy groups -OCH3 is 1. The van der Waals surface area contributed by atoms with E-state index in [9.17, 15) is 9.59 Å². The monoisotopic (exact) mass is 189 g/mol. The number of rotatable bonds is 6. The summed E-state index contributed by atoms with van der Waals surface area (Å²) in [6.07, 6.45) is 0.428. The molecule has 0 spiro atoms. The second kappa shape index (κ2) is 6.42. The zero-order chi connectivity index (χ0) is 10.3. The van der Waals surface area contributed by atoms with Crippen LogP contribution in [-0.2, 0) is 14.3 Å². The van der Waals surface area contributed by atoms with Gasteiger partial charge in [0, 0.05) is 20.5 Å². The number of carbonyl (C=O) groups is 2. The first-order valence-electron chi connectivity index (χ1n) is 4.04. The average molecular weight is 189 g/mol. The zero-order valence-electron chi connectivity index (χ0n) is 7.87. The van der Waals surface area contributed by atoms with Crippen molar-refractivity contribution in [3.8, 4) is 0 Å². The Bertz CT molecular complexity index is 181. The summed E-state index contributed by atoms with van der Waals surface area (Å²) in [5.74, 6) is -1.04. The van der Waals surface area contributed by atoms with E-state index in [1.807, 2.05) is 0 Å². The molecule has 0 aromatic carbocycles. The quantitative estimate of drug-likeness (QED) is 0.616. The Balaban J connectivity index is 3.79. The largest absolute Gasteiger partial charge is 0.481 e. The number of ether oxygens (including phenoxy) is 1. The Morgan fingerprint density at radius 2 is 2.15 bits per heavy atom. The highest BCUT2D eigenvalue weighted by Crippen LogP contribution is 1.97. The second-order valence-corrected chi connectivity index (χ2v) is 2.79. The van der Waals surface area contributed by atoms with E-state index in [0.717, 1.165) is 0 Å². The summed E-state index contributed by atoms with van der Waals surface area (Å²) >= 11 is 0. The summed E-state index contributed by atoms with van der Waals surface area (Å²) < 4.78 is 4.83. The first kappa shape index (κ1) is 11.9. The molecule has 1 unspecified atom stereocenters. The highest BCUT2D eigenvalue weighted by atomic mass is 16.5. The van der Waals surface area contributed by atoms with Gasteiger partial charge in [-0.15, -0.1) is 0 Å². The summed E-state index contributed by atoms with van der Waals surface area (Å²) in [6, 6.07) is -0.210. The van der Waals surface area contributed by atoms with E-state index in [0.29, 0.717) is 13.0 Å². The van der Waals surface area contributed by atoms with Crippen LogP contribution in [0.4, 0.5) is 0 Å². The average Bonchev–Trinajstić information content (AvgIpc) is 1.99. The van der Waals surface area contributed by atoms with Crippen LogP contribution < -0.4 is 5.32 Å². The molecule has 0 bridgehead atoms. The molecule has 0 aromatic heterocycles. The molecular formula is C8H15NO4. The number of nitrogens with one attached hydrogen (secondary N) is 1. The molecule has 0 radical (unpaired) electrons. The van der Waals surface area contributed by atoms with E-state index in [2.05, 4.69) is 5.32 Å². The van der Waals surface area contributed by atoms with Gasteiger partial charge in [0.05, 0.1) is 12.6 Å². The molecule has 2 N–H and O–H groups in total. The first-order chi connectivity index (χ1) is 6.06. The summed E-state index contributed by atoms with van der Waals surface area (Å²) in [6.45, 7) is 1.73. The summed E-state index contributed by atoms with van der Waals surface area (Å²) in [5, 5.41) is 11.0. The Kier molecular flexibility index (Phi) is 5.88. The predicted octanol–water partition coefficient (Wildman–Crippen LogP) is 0.00230. The molecule has 0 saturated carbocycles. The lowest BCUT2D eigenvalue weighted by atomic mass is 10.1. The number of amides is 1. The van der Waals surface area contributed by atoms with Gasteiger partial charge in [0.1, 0.15) is 0 Å².